The molecule has 3 nitrogen and oxygen atoms in total. The molecule has 0 unspecified atom stereocenters. The zero-order valence-corrected chi connectivity index (χ0v) is 8.61. The lowest BCUT2D eigenvalue weighted by atomic mass is 10.1. The van der Waals surface area contributed by atoms with Gasteiger partial charge in [-0.3, -0.25) is 4.79 Å². The smallest absolute Gasteiger partial charge is 0.164 e. The molecule has 80 valence electrons. The highest BCUT2D eigenvalue weighted by molar-refractivity contribution is 5.96. The molecule has 0 saturated heterocycles. The van der Waals surface area contributed by atoms with Gasteiger partial charge in [-0.1, -0.05) is 0 Å². The Labute approximate surface area is 89.2 Å². The van der Waals surface area contributed by atoms with Crippen LogP contribution in [0.25, 0.3) is 0 Å². The molecule has 1 aliphatic rings. The molecule has 0 amide bonds. The normalized spacial score (nSPS) is 15.0. The third-order valence-corrected chi connectivity index (χ3v) is 2.37. The third-order valence-electron chi connectivity index (χ3n) is 2.37. The van der Waals surface area contributed by atoms with E-state index in [0.717, 1.165) is 18.6 Å². The van der Waals surface area contributed by atoms with E-state index in [0.29, 0.717) is 24.6 Å². The van der Waals surface area contributed by atoms with Crippen molar-refractivity contribution >= 4 is 5.78 Å². The van der Waals surface area contributed by atoms with Gasteiger partial charge in [0.2, 0.25) is 0 Å². The first-order chi connectivity index (χ1) is 7.29. The molecule has 0 aromatic heterocycles. The van der Waals surface area contributed by atoms with Crippen molar-refractivity contribution in [1.82, 2.24) is 0 Å². The van der Waals surface area contributed by atoms with Gasteiger partial charge in [-0.05, 0) is 43.7 Å². The Morgan fingerprint density at radius 2 is 2.00 bits per heavy atom. The van der Waals surface area contributed by atoms with Gasteiger partial charge in [-0.15, -0.1) is 0 Å². The summed E-state index contributed by atoms with van der Waals surface area (Å²) < 4.78 is 5.58. The summed E-state index contributed by atoms with van der Waals surface area (Å²) in [7, 11) is 0. The summed E-state index contributed by atoms with van der Waals surface area (Å²) in [5.74, 6) is 0.942. The Hall–Kier alpha value is -1.35. The maximum Gasteiger partial charge on any atom is 0.164 e. The molecule has 15 heavy (non-hydrogen) atoms. The summed E-state index contributed by atoms with van der Waals surface area (Å²) in [4.78, 5) is 11.5. The van der Waals surface area contributed by atoms with Crippen LogP contribution in [0.2, 0.25) is 0 Å². The number of Topliss-reactive ketones (excluding diaryl/α,β-unsaturated/α-hetero) is 1. The lowest BCUT2D eigenvalue weighted by molar-refractivity contribution is 0.0985. The third kappa shape index (κ3) is 2.80. The quantitative estimate of drug-likeness (QED) is 0.745. The van der Waals surface area contributed by atoms with Crippen molar-refractivity contribution in [2.45, 2.75) is 25.4 Å². The van der Waals surface area contributed by atoms with Crippen LogP contribution >= 0.6 is 0 Å². The summed E-state index contributed by atoms with van der Waals surface area (Å²) in [5, 5.41) is 0. The predicted molar refractivity (Wildman–Crippen MR) is 58.1 cm³/mol. The van der Waals surface area contributed by atoms with Gasteiger partial charge >= 0.3 is 0 Å². The van der Waals surface area contributed by atoms with Gasteiger partial charge in [0.15, 0.2) is 5.78 Å². The monoisotopic (exact) mass is 205 g/mol. The number of ether oxygens (including phenoxy) is 1. The van der Waals surface area contributed by atoms with Gasteiger partial charge in [0.05, 0.1) is 6.10 Å². The first kappa shape index (κ1) is 10.2. The van der Waals surface area contributed by atoms with Crippen molar-refractivity contribution in [3.8, 4) is 5.75 Å². The van der Waals surface area contributed by atoms with Crippen molar-refractivity contribution in [2.24, 2.45) is 5.73 Å². The van der Waals surface area contributed by atoms with E-state index < -0.39 is 0 Å². The highest BCUT2D eigenvalue weighted by Gasteiger charge is 2.23. The molecule has 0 heterocycles. The fraction of sp³-hybridized carbons (Fsp3) is 0.417. The standard InChI is InChI=1S/C12H15NO2/c13-8-7-12(14)9-1-3-10(4-2-9)15-11-5-6-11/h1-4,11H,5-8,13H2. The van der Waals surface area contributed by atoms with Crippen LogP contribution in [0.15, 0.2) is 24.3 Å². The highest BCUT2D eigenvalue weighted by atomic mass is 16.5. The van der Waals surface area contributed by atoms with E-state index in [9.17, 15) is 4.79 Å². The van der Waals surface area contributed by atoms with E-state index in [1.807, 2.05) is 12.1 Å². The molecule has 2 N–H and O–H groups in total. The van der Waals surface area contributed by atoms with Gasteiger partial charge in [0, 0.05) is 12.0 Å². The second kappa shape index (κ2) is 4.45. The number of hydrogen-bond donors (Lipinski definition) is 1. The van der Waals surface area contributed by atoms with E-state index in [-0.39, 0.29) is 5.78 Å². The molecule has 0 radical (unpaired) electrons. The lowest BCUT2D eigenvalue weighted by Gasteiger charge is -2.04. The predicted octanol–water partition coefficient (Wildman–Crippen LogP) is 1.76. The number of carbonyl (C=O) groups excluding carboxylic acids is 1. The topological polar surface area (TPSA) is 52.3 Å². The summed E-state index contributed by atoms with van der Waals surface area (Å²) >= 11 is 0. The summed E-state index contributed by atoms with van der Waals surface area (Å²) in [6.45, 7) is 0.402. The van der Waals surface area contributed by atoms with Gasteiger partial charge in [-0.2, -0.15) is 0 Å². The van der Waals surface area contributed by atoms with E-state index in [2.05, 4.69) is 0 Å². The maximum absolute atomic E-state index is 11.5. The molecule has 1 saturated carbocycles. The second-order valence-electron chi connectivity index (χ2n) is 3.80. The highest BCUT2D eigenvalue weighted by Crippen LogP contribution is 2.26. The molecule has 0 spiro atoms. The number of carbonyl (C=O) groups is 1. The van der Waals surface area contributed by atoms with Crippen LogP contribution in [0.4, 0.5) is 0 Å². The van der Waals surface area contributed by atoms with Crippen LogP contribution in [-0.4, -0.2) is 18.4 Å². The number of nitrogens with two attached hydrogens (primary N) is 1. The van der Waals surface area contributed by atoms with Crippen molar-refractivity contribution in [3.63, 3.8) is 0 Å². The zero-order valence-electron chi connectivity index (χ0n) is 8.61. The van der Waals surface area contributed by atoms with Gasteiger partial charge < -0.3 is 10.5 Å². The molecular formula is C12H15NO2. The molecule has 0 aliphatic heterocycles. The lowest BCUT2D eigenvalue weighted by Crippen LogP contribution is -2.08. The van der Waals surface area contributed by atoms with Gasteiger partial charge in [0.1, 0.15) is 5.75 Å². The van der Waals surface area contributed by atoms with E-state index in [1.54, 1.807) is 12.1 Å². The van der Waals surface area contributed by atoms with Crippen LogP contribution < -0.4 is 10.5 Å². The van der Waals surface area contributed by atoms with Crippen LogP contribution in [0, 0.1) is 0 Å². The molecule has 0 bridgehead atoms. The summed E-state index contributed by atoms with van der Waals surface area (Å²) in [6.07, 6.45) is 3.10. The molecule has 1 fully saturated rings. The largest absolute Gasteiger partial charge is 0.490 e. The molecule has 0 atom stereocenters. The molecule has 2 rings (SSSR count). The molecule has 1 aliphatic carbocycles. The van der Waals surface area contributed by atoms with Crippen molar-refractivity contribution in [2.75, 3.05) is 6.54 Å². The fourth-order valence-corrected chi connectivity index (χ4v) is 1.37. The zero-order chi connectivity index (χ0) is 10.7. The first-order valence-electron chi connectivity index (χ1n) is 5.29. The minimum absolute atomic E-state index is 0.0930. The van der Waals surface area contributed by atoms with Crippen LogP contribution in [-0.2, 0) is 0 Å². The molecule has 1 aromatic rings. The van der Waals surface area contributed by atoms with Gasteiger partial charge in [0.25, 0.3) is 0 Å². The van der Waals surface area contributed by atoms with Crippen LogP contribution in [0.5, 0.6) is 5.75 Å². The average molecular weight is 205 g/mol. The number of hydrogen-bond acceptors (Lipinski definition) is 3. The Bertz CT molecular complexity index is 341. The Kier molecular flexibility index (Phi) is 3.02. The van der Waals surface area contributed by atoms with E-state index >= 15 is 0 Å². The average Bonchev–Trinajstić information content (AvgIpc) is 3.03. The SMILES string of the molecule is NCCC(=O)c1ccc(OC2CC2)cc1. The van der Waals surface area contributed by atoms with Crippen LogP contribution in [0.3, 0.4) is 0 Å². The maximum atomic E-state index is 11.5. The summed E-state index contributed by atoms with van der Waals surface area (Å²) in [5.41, 5.74) is 6.04. The Balaban J connectivity index is 1.99. The summed E-state index contributed by atoms with van der Waals surface area (Å²) in [6, 6.07) is 7.30. The van der Waals surface area contributed by atoms with Gasteiger partial charge in [-0.25, -0.2) is 0 Å². The minimum Gasteiger partial charge on any atom is -0.490 e. The fourth-order valence-electron chi connectivity index (χ4n) is 1.37. The minimum atomic E-state index is 0.0930. The van der Waals surface area contributed by atoms with Crippen molar-refractivity contribution < 1.29 is 9.53 Å². The van der Waals surface area contributed by atoms with Crippen molar-refractivity contribution in [1.29, 1.82) is 0 Å². The van der Waals surface area contributed by atoms with E-state index in [4.69, 9.17) is 10.5 Å². The Morgan fingerprint density at radius 3 is 2.53 bits per heavy atom. The van der Waals surface area contributed by atoms with Crippen LogP contribution in [0.1, 0.15) is 29.6 Å². The molecule has 1 aromatic carbocycles. The molecule has 3 heteroatoms. The van der Waals surface area contributed by atoms with Crippen molar-refractivity contribution in [3.05, 3.63) is 29.8 Å². The number of rotatable bonds is 5. The Morgan fingerprint density at radius 1 is 1.33 bits per heavy atom. The number of benzene rings is 1. The first-order valence-corrected chi connectivity index (χ1v) is 5.29. The second-order valence-corrected chi connectivity index (χ2v) is 3.80. The van der Waals surface area contributed by atoms with E-state index in [1.165, 1.54) is 0 Å². The molecular weight excluding hydrogens is 190 g/mol. The number of ketones is 1.